The number of aliphatic carboxylic acids is 1. The molecule has 0 aliphatic heterocycles. The third-order valence-electron chi connectivity index (χ3n) is 6.17. The number of benzene rings is 2. The number of nitrogens with one attached hydrogen (secondary N) is 1. The highest BCUT2D eigenvalue weighted by Crippen LogP contribution is 2.37. The van der Waals surface area contributed by atoms with Gasteiger partial charge in [0.15, 0.2) is 0 Å². The lowest BCUT2D eigenvalue weighted by Gasteiger charge is -2.17. The van der Waals surface area contributed by atoms with Crippen LogP contribution in [0.25, 0.3) is 33.1 Å². The molecule has 4 aromatic rings. The third kappa shape index (κ3) is 4.69. The second kappa shape index (κ2) is 9.37. The maximum atomic E-state index is 13.4. The molecule has 0 radical (unpaired) electrons. The number of amides is 1. The molecule has 1 amide bonds. The van der Waals surface area contributed by atoms with Crippen LogP contribution in [0, 0.1) is 25.6 Å². The molecule has 0 aliphatic rings. The summed E-state index contributed by atoms with van der Waals surface area (Å²) in [5, 5.41) is 13.3. The average Bonchev–Trinajstić information content (AvgIpc) is 3.21. The van der Waals surface area contributed by atoms with Crippen LogP contribution in [0.2, 0.25) is 0 Å². The number of fused-ring (bicyclic) bond motifs is 2. The minimum Gasteiger partial charge on any atom is -0.480 e. The number of carbonyl (C=O) groups excluding carboxylic acids is 1. The first kappa shape index (κ1) is 24.2. The first-order valence-corrected chi connectivity index (χ1v) is 11.3. The van der Waals surface area contributed by atoms with E-state index in [2.05, 4.69) is 5.32 Å². The van der Waals surface area contributed by atoms with Crippen molar-refractivity contribution in [3.8, 4) is 11.1 Å². The van der Waals surface area contributed by atoms with Gasteiger partial charge in [-0.1, -0.05) is 26.0 Å². The molecule has 7 nitrogen and oxygen atoms in total. The van der Waals surface area contributed by atoms with Crippen molar-refractivity contribution in [1.29, 1.82) is 0 Å². The Balaban J connectivity index is 1.77. The van der Waals surface area contributed by atoms with E-state index in [4.69, 9.17) is 8.83 Å². The van der Waals surface area contributed by atoms with Crippen molar-refractivity contribution in [2.75, 3.05) is 0 Å². The fraction of sp³-hybridized carbons (Fsp3) is 0.296. The van der Waals surface area contributed by atoms with Crippen LogP contribution in [0.5, 0.6) is 0 Å². The molecule has 0 bridgehead atoms. The van der Waals surface area contributed by atoms with E-state index < -0.39 is 23.5 Å². The highest BCUT2D eigenvalue weighted by atomic mass is 19.1. The monoisotopic (exact) mass is 479 g/mol. The van der Waals surface area contributed by atoms with Crippen molar-refractivity contribution in [2.24, 2.45) is 5.92 Å². The summed E-state index contributed by atoms with van der Waals surface area (Å²) in [4.78, 5) is 37.0. The molecule has 35 heavy (non-hydrogen) atoms. The molecule has 0 saturated carbocycles. The summed E-state index contributed by atoms with van der Waals surface area (Å²) in [6.07, 6.45) is 1.54. The third-order valence-corrected chi connectivity index (χ3v) is 6.17. The molecule has 1 atom stereocenters. The second-order valence-electron chi connectivity index (χ2n) is 9.17. The number of carbonyl (C=O) groups is 2. The summed E-state index contributed by atoms with van der Waals surface area (Å²) in [6.45, 7) is 7.24. The molecule has 0 saturated heterocycles. The van der Waals surface area contributed by atoms with Crippen molar-refractivity contribution >= 4 is 33.8 Å². The molecule has 8 heteroatoms. The Kier molecular flexibility index (Phi) is 6.47. The maximum absolute atomic E-state index is 13.4. The van der Waals surface area contributed by atoms with Gasteiger partial charge in [0, 0.05) is 21.9 Å². The number of carboxylic acids is 1. The van der Waals surface area contributed by atoms with Crippen LogP contribution >= 0.6 is 0 Å². The van der Waals surface area contributed by atoms with Crippen LogP contribution in [0.15, 0.2) is 50.2 Å². The quantitative estimate of drug-likeness (QED) is 0.356. The molecule has 0 aliphatic carbocycles. The summed E-state index contributed by atoms with van der Waals surface area (Å²) < 4.78 is 24.8. The van der Waals surface area contributed by atoms with Crippen LogP contribution in [-0.4, -0.2) is 23.0 Å². The Hall–Kier alpha value is -3.94. The predicted octanol–water partition coefficient (Wildman–Crippen LogP) is 5.12. The van der Waals surface area contributed by atoms with E-state index in [1.54, 1.807) is 32.2 Å². The summed E-state index contributed by atoms with van der Waals surface area (Å²) in [7, 11) is 0. The first-order chi connectivity index (χ1) is 16.6. The van der Waals surface area contributed by atoms with Crippen molar-refractivity contribution < 1.29 is 27.9 Å². The Labute approximate surface area is 200 Å². The molecule has 0 spiro atoms. The van der Waals surface area contributed by atoms with Crippen LogP contribution in [0.3, 0.4) is 0 Å². The number of furan rings is 1. The first-order valence-electron chi connectivity index (χ1n) is 11.3. The number of carboxylic acid groups (broad SMARTS) is 1. The van der Waals surface area contributed by atoms with Gasteiger partial charge in [-0.2, -0.15) is 0 Å². The van der Waals surface area contributed by atoms with Crippen LogP contribution < -0.4 is 10.9 Å². The molecular weight excluding hydrogens is 453 g/mol. The lowest BCUT2D eigenvalue weighted by molar-refractivity contribution is -0.142. The zero-order valence-electron chi connectivity index (χ0n) is 19.9. The lowest BCUT2D eigenvalue weighted by atomic mass is 9.97. The minimum absolute atomic E-state index is 0.0690. The van der Waals surface area contributed by atoms with Gasteiger partial charge >= 0.3 is 11.6 Å². The van der Waals surface area contributed by atoms with Crippen LogP contribution in [-0.2, 0) is 16.0 Å². The zero-order valence-corrected chi connectivity index (χ0v) is 19.9. The number of rotatable bonds is 7. The van der Waals surface area contributed by atoms with Crippen LogP contribution in [0.1, 0.15) is 37.0 Å². The van der Waals surface area contributed by atoms with Crippen molar-refractivity contribution in [1.82, 2.24) is 5.32 Å². The largest absolute Gasteiger partial charge is 0.480 e. The maximum Gasteiger partial charge on any atom is 0.340 e. The van der Waals surface area contributed by atoms with Gasteiger partial charge in [0.25, 0.3) is 0 Å². The summed E-state index contributed by atoms with van der Waals surface area (Å²) >= 11 is 0. The number of halogens is 1. The van der Waals surface area contributed by atoms with Gasteiger partial charge in [0.05, 0.1) is 18.2 Å². The standard InChI is InChI=1S/C27H26FNO6/c1-13(2)9-22(26(31)32)29-23(30)11-19-14(3)18-10-20-21(16-5-7-17(28)8-6-16)12-34-24(20)15(4)25(18)35-27(19)33/h5-8,10,12-13,22H,9,11H2,1-4H3,(H,29,30)(H,31,32). The fourth-order valence-electron chi connectivity index (χ4n) is 4.35. The molecule has 2 aromatic carbocycles. The molecule has 182 valence electrons. The van der Waals surface area contributed by atoms with E-state index in [1.807, 2.05) is 19.9 Å². The Morgan fingerprint density at radius 2 is 1.74 bits per heavy atom. The Morgan fingerprint density at radius 1 is 1.06 bits per heavy atom. The van der Waals surface area contributed by atoms with E-state index in [-0.39, 0.29) is 30.1 Å². The summed E-state index contributed by atoms with van der Waals surface area (Å²) in [5.74, 6) is -1.97. The smallest absolute Gasteiger partial charge is 0.340 e. The average molecular weight is 480 g/mol. The Bertz CT molecular complexity index is 1500. The normalized spacial score (nSPS) is 12.4. The summed E-state index contributed by atoms with van der Waals surface area (Å²) in [6, 6.07) is 6.84. The van der Waals surface area contributed by atoms with Crippen molar-refractivity contribution in [3.63, 3.8) is 0 Å². The van der Waals surface area contributed by atoms with Gasteiger partial charge in [-0.05, 0) is 55.5 Å². The van der Waals surface area contributed by atoms with Gasteiger partial charge in [-0.3, -0.25) is 4.79 Å². The van der Waals surface area contributed by atoms with Gasteiger partial charge < -0.3 is 19.3 Å². The second-order valence-corrected chi connectivity index (χ2v) is 9.17. The molecule has 2 heterocycles. The molecule has 0 fully saturated rings. The van der Waals surface area contributed by atoms with E-state index >= 15 is 0 Å². The van der Waals surface area contributed by atoms with Gasteiger partial charge in [-0.15, -0.1) is 0 Å². The van der Waals surface area contributed by atoms with Gasteiger partial charge in [-0.25, -0.2) is 14.0 Å². The van der Waals surface area contributed by atoms with Gasteiger partial charge in [0.2, 0.25) is 5.91 Å². The zero-order chi connectivity index (χ0) is 25.4. The van der Waals surface area contributed by atoms with Gasteiger partial charge in [0.1, 0.15) is 23.0 Å². The SMILES string of the molecule is Cc1c(CC(=O)NC(CC(C)C)C(=O)O)c(=O)oc2c(C)c3occ(-c4ccc(F)cc4)c3cc12. The van der Waals surface area contributed by atoms with Crippen LogP contribution in [0.4, 0.5) is 4.39 Å². The van der Waals surface area contributed by atoms with E-state index in [0.29, 0.717) is 27.7 Å². The number of hydrogen-bond donors (Lipinski definition) is 2. The minimum atomic E-state index is -1.12. The lowest BCUT2D eigenvalue weighted by Crippen LogP contribution is -2.42. The summed E-state index contributed by atoms with van der Waals surface area (Å²) in [5.41, 5.74) is 3.12. The molecular formula is C27H26FNO6. The highest BCUT2D eigenvalue weighted by Gasteiger charge is 2.24. The van der Waals surface area contributed by atoms with Crippen molar-refractivity contribution in [3.05, 3.63) is 69.5 Å². The number of hydrogen-bond acceptors (Lipinski definition) is 5. The molecule has 4 rings (SSSR count). The fourth-order valence-corrected chi connectivity index (χ4v) is 4.35. The highest BCUT2D eigenvalue weighted by molar-refractivity contribution is 6.05. The van der Waals surface area contributed by atoms with E-state index in [1.165, 1.54) is 12.1 Å². The topological polar surface area (TPSA) is 110 Å². The molecule has 2 aromatic heterocycles. The molecule has 2 N–H and O–H groups in total. The molecule has 1 unspecified atom stereocenters. The van der Waals surface area contributed by atoms with E-state index in [9.17, 15) is 23.9 Å². The van der Waals surface area contributed by atoms with E-state index in [0.717, 1.165) is 16.5 Å². The number of aryl methyl sites for hydroxylation is 2. The Morgan fingerprint density at radius 3 is 2.37 bits per heavy atom. The van der Waals surface area contributed by atoms with Crippen molar-refractivity contribution in [2.45, 2.75) is 46.6 Å². The predicted molar refractivity (Wildman–Crippen MR) is 130 cm³/mol.